The highest BCUT2D eigenvalue weighted by molar-refractivity contribution is 8.14. The molecular formula is C16H17N3O3S. The van der Waals surface area contributed by atoms with Crippen molar-refractivity contribution in [3.05, 3.63) is 36.0 Å². The third kappa shape index (κ3) is 3.62. The maximum absolute atomic E-state index is 11.0. The predicted molar refractivity (Wildman–Crippen MR) is 91.3 cm³/mol. The number of hydrogen-bond donors (Lipinski definition) is 2. The highest BCUT2D eigenvalue weighted by atomic mass is 32.2. The van der Waals surface area contributed by atoms with Gasteiger partial charge in [-0.1, -0.05) is 6.07 Å². The van der Waals surface area contributed by atoms with Crippen molar-refractivity contribution in [3.8, 4) is 5.75 Å². The molecule has 2 aromatic rings. The number of nitrogens with zero attached hydrogens (tertiary/aromatic N) is 2. The summed E-state index contributed by atoms with van der Waals surface area (Å²) in [5, 5.41) is 10.7. The van der Waals surface area contributed by atoms with Gasteiger partial charge in [0.25, 0.3) is 0 Å². The molecule has 1 aromatic heterocycles. The molecule has 0 amide bonds. The van der Waals surface area contributed by atoms with Crippen LogP contribution < -0.4 is 10.5 Å². The first-order chi connectivity index (χ1) is 11.2. The number of aliphatic imine (C=N–C) groups is 1. The van der Waals surface area contributed by atoms with Gasteiger partial charge in [0.05, 0.1) is 17.8 Å². The van der Waals surface area contributed by atoms with Crippen LogP contribution in [-0.2, 0) is 4.79 Å². The number of nitrogens with two attached hydrogens (primary N) is 1. The van der Waals surface area contributed by atoms with Crippen molar-refractivity contribution in [1.29, 1.82) is 0 Å². The summed E-state index contributed by atoms with van der Waals surface area (Å²) >= 11 is 1.43. The monoisotopic (exact) mass is 331 g/mol. The molecule has 0 saturated heterocycles. The van der Waals surface area contributed by atoms with Crippen molar-refractivity contribution in [2.24, 2.45) is 10.7 Å². The number of ether oxygens (including phenoxy) is 1. The minimum atomic E-state index is -0.896. The molecule has 1 aliphatic rings. The number of aromatic nitrogens is 1. The lowest BCUT2D eigenvalue weighted by Gasteiger charge is -2.07. The molecule has 0 saturated carbocycles. The molecule has 0 unspecified atom stereocenters. The second-order valence-corrected chi connectivity index (χ2v) is 6.15. The number of benzene rings is 1. The van der Waals surface area contributed by atoms with E-state index in [-0.39, 0.29) is 0 Å². The van der Waals surface area contributed by atoms with Gasteiger partial charge in [0.2, 0.25) is 0 Å². The topological polar surface area (TPSA) is 97.8 Å². The minimum absolute atomic E-state index is 0.457. The molecule has 0 aliphatic carbocycles. The van der Waals surface area contributed by atoms with Crippen LogP contribution in [0.3, 0.4) is 0 Å². The van der Waals surface area contributed by atoms with Gasteiger partial charge in [-0.25, -0.2) is 9.78 Å². The number of rotatable bonds is 6. The van der Waals surface area contributed by atoms with Crippen molar-refractivity contribution in [3.63, 3.8) is 0 Å². The molecule has 3 N–H and O–H groups in total. The molecule has 3 rings (SSSR count). The van der Waals surface area contributed by atoms with Crippen LogP contribution in [0.25, 0.3) is 10.9 Å². The van der Waals surface area contributed by atoms with Crippen molar-refractivity contribution < 1.29 is 14.6 Å². The fraction of sp³-hybridized carbons (Fsp3) is 0.312. The van der Waals surface area contributed by atoms with Gasteiger partial charge in [0, 0.05) is 11.1 Å². The molecule has 1 aromatic carbocycles. The number of fused-ring (bicyclic) bond motifs is 1. The first kappa shape index (κ1) is 15.8. The average molecular weight is 331 g/mol. The van der Waals surface area contributed by atoms with Crippen molar-refractivity contribution >= 4 is 33.7 Å². The van der Waals surface area contributed by atoms with Gasteiger partial charge >= 0.3 is 5.97 Å². The van der Waals surface area contributed by atoms with E-state index in [2.05, 4.69) is 9.98 Å². The molecule has 120 valence electrons. The first-order valence-corrected chi connectivity index (χ1v) is 8.33. The summed E-state index contributed by atoms with van der Waals surface area (Å²) in [5.74, 6) is 0.352. The Morgan fingerprint density at radius 2 is 2.26 bits per heavy atom. The minimum Gasteiger partial charge on any atom is -0.494 e. The van der Waals surface area contributed by atoms with Gasteiger partial charge in [-0.05, 0) is 37.2 Å². The Morgan fingerprint density at radius 1 is 1.39 bits per heavy atom. The molecule has 0 spiro atoms. The fourth-order valence-electron chi connectivity index (χ4n) is 2.23. The number of hydrogen-bond acceptors (Lipinski definition) is 6. The second kappa shape index (κ2) is 6.97. The Balaban J connectivity index is 1.81. The number of aliphatic carboxylic acids is 1. The lowest BCUT2D eigenvalue weighted by molar-refractivity contribution is -0.137. The maximum Gasteiger partial charge on any atom is 0.329 e. The summed E-state index contributed by atoms with van der Waals surface area (Å²) in [5.41, 5.74) is 6.99. The standard InChI is InChI=1S/C16H17N3O3S/c17-6-1-7-22-11-3-5-12-10(8-11)2-4-13(18-12)15-19-14(9-23-15)16(20)21/h2-5,8,14H,1,6-7,9,17H2,(H,20,21)/t14-/m1/s1. The zero-order chi connectivity index (χ0) is 16.2. The lowest BCUT2D eigenvalue weighted by Crippen LogP contribution is -2.17. The van der Waals surface area contributed by atoms with Gasteiger partial charge in [-0.15, -0.1) is 11.8 Å². The average Bonchev–Trinajstić information content (AvgIpc) is 3.05. The van der Waals surface area contributed by atoms with Crippen LogP contribution in [0.2, 0.25) is 0 Å². The largest absolute Gasteiger partial charge is 0.494 e. The number of carboxylic acid groups (broad SMARTS) is 1. The number of pyridine rings is 1. The molecule has 23 heavy (non-hydrogen) atoms. The van der Waals surface area contributed by atoms with E-state index >= 15 is 0 Å². The van der Waals surface area contributed by atoms with Crippen LogP contribution in [0.5, 0.6) is 5.75 Å². The fourth-order valence-corrected chi connectivity index (χ4v) is 3.22. The predicted octanol–water partition coefficient (Wildman–Crippen LogP) is 1.91. The summed E-state index contributed by atoms with van der Waals surface area (Å²) in [6.07, 6.45) is 0.816. The molecule has 6 nitrogen and oxygen atoms in total. The van der Waals surface area contributed by atoms with Gasteiger partial charge in [0.15, 0.2) is 6.04 Å². The molecule has 0 bridgehead atoms. The van der Waals surface area contributed by atoms with E-state index in [0.717, 1.165) is 23.1 Å². The molecule has 0 fully saturated rings. The highest BCUT2D eigenvalue weighted by Crippen LogP contribution is 2.25. The lowest BCUT2D eigenvalue weighted by atomic mass is 10.2. The molecule has 1 aliphatic heterocycles. The van der Waals surface area contributed by atoms with Gasteiger partial charge < -0.3 is 15.6 Å². The number of carboxylic acids is 1. The molecule has 7 heteroatoms. The van der Waals surface area contributed by atoms with Crippen LogP contribution >= 0.6 is 11.8 Å². The Kier molecular flexibility index (Phi) is 4.78. The Hall–Kier alpha value is -2.12. The van der Waals surface area contributed by atoms with E-state index in [1.807, 2.05) is 30.3 Å². The molecule has 1 atom stereocenters. The van der Waals surface area contributed by atoms with E-state index in [9.17, 15) is 4.79 Å². The summed E-state index contributed by atoms with van der Waals surface area (Å²) < 4.78 is 5.62. The molecule has 0 radical (unpaired) electrons. The summed E-state index contributed by atoms with van der Waals surface area (Å²) in [6, 6.07) is 8.84. The molecular weight excluding hydrogens is 314 g/mol. The van der Waals surface area contributed by atoms with Crippen molar-refractivity contribution in [2.45, 2.75) is 12.5 Å². The smallest absolute Gasteiger partial charge is 0.329 e. The number of thioether (sulfide) groups is 1. The SMILES string of the molecule is NCCCOc1ccc2nc(C3=N[C@@H](C(=O)O)CS3)ccc2c1. The van der Waals surface area contributed by atoms with Gasteiger partial charge in [0.1, 0.15) is 10.8 Å². The summed E-state index contributed by atoms with van der Waals surface area (Å²) in [4.78, 5) is 19.8. The van der Waals surface area contributed by atoms with Crippen LogP contribution in [-0.4, -0.2) is 46.0 Å². The summed E-state index contributed by atoms with van der Waals surface area (Å²) in [7, 11) is 0. The van der Waals surface area contributed by atoms with Crippen LogP contribution in [0, 0.1) is 0 Å². The van der Waals surface area contributed by atoms with Crippen LogP contribution in [0.1, 0.15) is 12.1 Å². The van der Waals surface area contributed by atoms with Crippen LogP contribution in [0.15, 0.2) is 35.3 Å². The van der Waals surface area contributed by atoms with E-state index in [0.29, 0.717) is 29.6 Å². The Morgan fingerprint density at radius 3 is 3.00 bits per heavy atom. The second-order valence-electron chi connectivity index (χ2n) is 5.14. The van der Waals surface area contributed by atoms with E-state index < -0.39 is 12.0 Å². The zero-order valence-corrected chi connectivity index (χ0v) is 13.3. The third-order valence-corrected chi connectivity index (χ3v) is 4.50. The number of carbonyl (C=O) groups is 1. The zero-order valence-electron chi connectivity index (χ0n) is 12.4. The van der Waals surface area contributed by atoms with Gasteiger partial charge in [-0.3, -0.25) is 4.99 Å². The maximum atomic E-state index is 11.0. The quantitative estimate of drug-likeness (QED) is 0.785. The summed E-state index contributed by atoms with van der Waals surface area (Å²) in [6.45, 7) is 1.20. The Labute approximate surface area is 137 Å². The van der Waals surface area contributed by atoms with Crippen molar-refractivity contribution in [2.75, 3.05) is 18.9 Å². The highest BCUT2D eigenvalue weighted by Gasteiger charge is 2.25. The normalized spacial score (nSPS) is 17.3. The van der Waals surface area contributed by atoms with E-state index in [1.165, 1.54) is 11.8 Å². The van der Waals surface area contributed by atoms with Gasteiger partial charge in [-0.2, -0.15) is 0 Å². The first-order valence-electron chi connectivity index (χ1n) is 7.35. The Bertz CT molecular complexity index is 763. The van der Waals surface area contributed by atoms with Crippen molar-refractivity contribution in [1.82, 2.24) is 4.98 Å². The van der Waals surface area contributed by atoms with E-state index in [4.69, 9.17) is 15.6 Å². The van der Waals surface area contributed by atoms with E-state index in [1.54, 1.807) is 0 Å². The molecule has 2 heterocycles. The third-order valence-electron chi connectivity index (χ3n) is 3.43. The van der Waals surface area contributed by atoms with Crippen LogP contribution in [0.4, 0.5) is 0 Å².